The van der Waals surface area contributed by atoms with Gasteiger partial charge in [0.1, 0.15) is 24.8 Å². The van der Waals surface area contributed by atoms with Crippen molar-refractivity contribution in [2.75, 3.05) is 11.9 Å². The van der Waals surface area contributed by atoms with Crippen molar-refractivity contribution < 1.29 is 19.1 Å². The molecular weight excluding hydrogens is 440 g/mol. The average molecular weight is 460 g/mol. The molecule has 1 amide bonds. The highest BCUT2D eigenvalue weighted by molar-refractivity contribution is 6.03. The van der Waals surface area contributed by atoms with E-state index >= 15 is 0 Å². The van der Waals surface area contributed by atoms with E-state index in [1.807, 2.05) is 0 Å². The number of anilines is 1. The second-order valence-electron chi connectivity index (χ2n) is 7.42. The highest BCUT2D eigenvalue weighted by atomic mass is 16.6. The normalized spacial score (nSPS) is 19.1. The van der Waals surface area contributed by atoms with Crippen LogP contribution in [0.15, 0.2) is 82.8 Å². The number of amides is 1. The van der Waals surface area contributed by atoms with E-state index in [-0.39, 0.29) is 18.8 Å². The predicted molar refractivity (Wildman–Crippen MR) is 121 cm³/mol. The number of hydrogen-bond acceptors (Lipinski definition) is 7. The van der Waals surface area contributed by atoms with Crippen LogP contribution in [0.1, 0.15) is 33.4 Å². The van der Waals surface area contributed by atoms with Crippen molar-refractivity contribution in [2.24, 2.45) is 5.11 Å². The molecule has 0 radical (unpaired) electrons. The molecule has 1 fully saturated rings. The molecule has 0 spiro atoms. The lowest BCUT2D eigenvalue weighted by Crippen LogP contribution is -2.29. The van der Waals surface area contributed by atoms with Crippen LogP contribution in [-0.2, 0) is 9.47 Å². The Bertz CT molecular complexity index is 1270. The van der Waals surface area contributed by atoms with Crippen LogP contribution in [-0.4, -0.2) is 40.2 Å². The maximum Gasteiger partial charge on any atom is 0.351 e. The van der Waals surface area contributed by atoms with Crippen molar-refractivity contribution in [3.8, 4) is 0 Å². The van der Waals surface area contributed by atoms with Crippen LogP contribution in [0, 0.1) is 0 Å². The predicted octanol–water partition coefficient (Wildman–Crippen LogP) is 3.32. The van der Waals surface area contributed by atoms with Crippen LogP contribution in [0.4, 0.5) is 5.82 Å². The van der Waals surface area contributed by atoms with Gasteiger partial charge in [-0.1, -0.05) is 41.5 Å². The Balaban J connectivity index is 1.43. The molecule has 2 heterocycles. The Morgan fingerprint density at radius 1 is 1.12 bits per heavy atom. The highest BCUT2D eigenvalue weighted by Gasteiger charge is 2.37. The van der Waals surface area contributed by atoms with Gasteiger partial charge in [0.15, 0.2) is 0 Å². The number of azide groups is 1. The number of aromatic nitrogens is 2. The zero-order chi connectivity index (χ0) is 23.9. The quantitative estimate of drug-likeness (QED) is 0.247. The van der Waals surface area contributed by atoms with Gasteiger partial charge in [-0.25, -0.2) is 9.59 Å². The molecular formula is C23H20N6O5. The SMILES string of the molecule is [N-]=[N+]=N[C@H]1C[C@H](n2ccc(NC(=O)c3ccccc3)nc2=O)O[C@@H]1COC(=O)c1ccccc1. The first-order valence-corrected chi connectivity index (χ1v) is 10.4. The summed E-state index contributed by atoms with van der Waals surface area (Å²) in [5, 5.41) is 6.30. The third-order valence-corrected chi connectivity index (χ3v) is 5.21. The van der Waals surface area contributed by atoms with Crippen molar-refractivity contribution in [1.29, 1.82) is 0 Å². The Morgan fingerprint density at radius 2 is 1.79 bits per heavy atom. The Hall–Kier alpha value is -4.47. The van der Waals surface area contributed by atoms with Crippen LogP contribution in [0.25, 0.3) is 10.4 Å². The molecule has 172 valence electrons. The maximum atomic E-state index is 12.6. The fourth-order valence-corrected chi connectivity index (χ4v) is 3.52. The number of carbonyl (C=O) groups is 2. The van der Waals surface area contributed by atoms with Crippen molar-refractivity contribution in [2.45, 2.75) is 24.8 Å². The van der Waals surface area contributed by atoms with Gasteiger partial charge in [0, 0.05) is 23.1 Å². The number of carbonyl (C=O) groups excluding carboxylic acids is 2. The van der Waals surface area contributed by atoms with Gasteiger partial charge < -0.3 is 14.8 Å². The topological polar surface area (TPSA) is 148 Å². The molecule has 1 aromatic heterocycles. The summed E-state index contributed by atoms with van der Waals surface area (Å²) in [5.41, 5.74) is 9.05. The van der Waals surface area contributed by atoms with Gasteiger partial charge in [-0.3, -0.25) is 9.36 Å². The highest BCUT2D eigenvalue weighted by Crippen LogP contribution is 2.30. The van der Waals surface area contributed by atoms with Crippen LogP contribution < -0.4 is 11.0 Å². The van der Waals surface area contributed by atoms with E-state index in [1.54, 1.807) is 60.7 Å². The standard InChI is InChI=1S/C23H20N6O5/c24-28-27-17-13-20(34-18(17)14-33-22(31)16-9-5-2-6-10-16)29-12-11-19(26-23(29)32)25-21(30)15-7-3-1-4-8-15/h1-12,17-18,20H,13-14H2,(H,25,26,30,32)/t17-,18+,20+/m0/s1. The van der Waals surface area contributed by atoms with Gasteiger partial charge >= 0.3 is 11.7 Å². The molecule has 11 heteroatoms. The first-order valence-electron chi connectivity index (χ1n) is 10.4. The van der Waals surface area contributed by atoms with Crippen LogP contribution in [0.3, 0.4) is 0 Å². The lowest BCUT2D eigenvalue weighted by Gasteiger charge is -2.16. The summed E-state index contributed by atoms with van der Waals surface area (Å²) in [6.07, 6.45) is 0.105. The fourth-order valence-electron chi connectivity index (χ4n) is 3.52. The van der Waals surface area contributed by atoms with E-state index in [0.29, 0.717) is 11.1 Å². The molecule has 3 aromatic rings. The monoisotopic (exact) mass is 460 g/mol. The van der Waals surface area contributed by atoms with Crippen LogP contribution in [0.5, 0.6) is 0 Å². The molecule has 2 aromatic carbocycles. The van der Waals surface area contributed by atoms with Gasteiger partial charge in [0.05, 0.1) is 11.6 Å². The molecule has 1 saturated heterocycles. The van der Waals surface area contributed by atoms with E-state index in [9.17, 15) is 14.4 Å². The molecule has 1 aliphatic heterocycles. The molecule has 0 saturated carbocycles. The average Bonchev–Trinajstić information content (AvgIpc) is 3.26. The largest absolute Gasteiger partial charge is 0.459 e. The molecule has 1 N–H and O–H groups in total. The van der Waals surface area contributed by atoms with E-state index in [0.717, 1.165) is 0 Å². The number of hydrogen-bond donors (Lipinski definition) is 1. The second kappa shape index (κ2) is 10.4. The summed E-state index contributed by atoms with van der Waals surface area (Å²) in [5.74, 6) is -0.844. The smallest absolute Gasteiger partial charge is 0.351 e. The number of esters is 1. The van der Waals surface area contributed by atoms with Gasteiger partial charge in [0.2, 0.25) is 0 Å². The zero-order valence-electron chi connectivity index (χ0n) is 17.9. The second-order valence-corrected chi connectivity index (χ2v) is 7.42. The Kier molecular flexibility index (Phi) is 6.97. The minimum Gasteiger partial charge on any atom is -0.459 e. The summed E-state index contributed by atoms with van der Waals surface area (Å²) in [4.78, 5) is 43.8. The Morgan fingerprint density at radius 3 is 2.44 bits per heavy atom. The first-order chi connectivity index (χ1) is 16.5. The molecule has 1 aliphatic rings. The van der Waals surface area contributed by atoms with Gasteiger partial charge in [-0.15, -0.1) is 0 Å². The Labute approximate surface area is 193 Å². The molecule has 0 aliphatic carbocycles. The summed E-state index contributed by atoms with van der Waals surface area (Å²) in [6, 6.07) is 17.8. The minimum absolute atomic E-state index is 0.0908. The van der Waals surface area contributed by atoms with Crippen LogP contribution in [0.2, 0.25) is 0 Å². The number of ether oxygens (including phenoxy) is 2. The van der Waals surface area contributed by atoms with Gasteiger partial charge in [0.25, 0.3) is 5.91 Å². The van der Waals surface area contributed by atoms with Gasteiger partial charge in [-0.05, 0) is 35.9 Å². The summed E-state index contributed by atoms with van der Waals surface area (Å²) < 4.78 is 12.4. The number of nitrogens with zero attached hydrogens (tertiary/aromatic N) is 5. The minimum atomic E-state index is -0.783. The molecule has 11 nitrogen and oxygen atoms in total. The van der Waals surface area contributed by atoms with Crippen molar-refractivity contribution >= 4 is 17.7 Å². The molecule has 0 bridgehead atoms. The number of nitrogens with one attached hydrogen (secondary N) is 1. The molecule has 3 atom stereocenters. The number of benzene rings is 2. The van der Waals surface area contributed by atoms with E-state index in [1.165, 1.54) is 16.8 Å². The van der Waals surface area contributed by atoms with E-state index in [2.05, 4.69) is 20.3 Å². The summed E-state index contributed by atoms with van der Waals surface area (Å²) in [7, 11) is 0. The molecule has 34 heavy (non-hydrogen) atoms. The van der Waals surface area contributed by atoms with Crippen molar-refractivity contribution in [3.63, 3.8) is 0 Å². The fraction of sp³-hybridized carbons (Fsp3) is 0.217. The van der Waals surface area contributed by atoms with E-state index < -0.39 is 35.9 Å². The first kappa shape index (κ1) is 22.7. The number of rotatable bonds is 7. The lowest BCUT2D eigenvalue weighted by atomic mass is 10.1. The van der Waals surface area contributed by atoms with E-state index in [4.69, 9.17) is 15.0 Å². The van der Waals surface area contributed by atoms with Crippen LogP contribution >= 0.6 is 0 Å². The van der Waals surface area contributed by atoms with Crippen molar-refractivity contribution in [3.05, 3.63) is 105 Å². The third kappa shape index (κ3) is 5.29. The maximum absolute atomic E-state index is 12.6. The third-order valence-electron chi connectivity index (χ3n) is 5.21. The summed E-state index contributed by atoms with van der Waals surface area (Å²) in [6.45, 7) is -0.151. The lowest BCUT2D eigenvalue weighted by molar-refractivity contribution is -0.0361. The summed E-state index contributed by atoms with van der Waals surface area (Å²) >= 11 is 0. The molecule has 0 unspecified atom stereocenters. The van der Waals surface area contributed by atoms with Gasteiger partial charge in [-0.2, -0.15) is 4.98 Å². The zero-order valence-corrected chi connectivity index (χ0v) is 17.9. The van der Waals surface area contributed by atoms with Crippen molar-refractivity contribution in [1.82, 2.24) is 9.55 Å². The molecule has 4 rings (SSSR count).